The van der Waals surface area contributed by atoms with E-state index in [4.69, 9.17) is 4.74 Å². The number of carbonyl (C=O) groups excluding carboxylic acids is 2. The molecule has 0 aliphatic heterocycles. The first-order chi connectivity index (χ1) is 13.9. The number of nitrogens with one attached hydrogen (secondary N) is 1. The topological polar surface area (TPSA) is 111 Å². The number of halogens is 1. The summed E-state index contributed by atoms with van der Waals surface area (Å²) in [7, 11) is 1.52. The molecule has 1 heterocycles. The number of ketones is 1. The lowest BCUT2D eigenvalue weighted by Crippen LogP contribution is -2.32. The van der Waals surface area contributed by atoms with Gasteiger partial charge in [0.1, 0.15) is 5.75 Å². The van der Waals surface area contributed by atoms with E-state index in [1.807, 2.05) is 0 Å². The van der Waals surface area contributed by atoms with E-state index in [1.54, 1.807) is 48.5 Å². The Balaban J connectivity index is 1.78. The minimum absolute atomic E-state index is 0.302. The van der Waals surface area contributed by atoms with E-state index in [0.29, 0.717) is 17.0 Å². The highest BCUT2D eigenvalue weighted by molar-refractivity contribution is 9.10. The van der Waals surface area contributed by atoms with E-state index in [-0.39, 0.29) is 18.0 Å². The molecule has 0 radical (unpaired) electrons. The van der Waals surface area contributed by atoms with Gasteiger partial charge >= 0.3 is 0 Å². The number of nitrogens with zero attached hydrogens (tertiary/aromatic N) is 2. The van der Waals surface area contributed by atoms with Crippen molar-refractivity contribution in [1.82, 2.24) is 15.1 Å². The normalized spacial score (nSPS) is 10.4. The molecule has 0 spiro atoms. The molecule has 2 aromatic carbocycles. The molecule has 0 saturated carbocycles. The van der Waals surface area contributed by atoms with Gasteiger partial charge in [0, 0.05) is 16.1 Å². The Labute approximate surface area is 173 Å². The Morgan fingerprint density at radius 2 is 1.79 bits per heavy atom. The van der Waals surface area contributed by atoms with E-state index in [0.717, 1.165) is 15.2 Å². The van der Waals surface area contributed by atoms with Crippen molar-refractivity contribution in [3.8, 4) is 17.2 Å². The first kappa shape index (κ1) is 20.3. The summed E-state index contributed by atoms with van der Waals surface area (Å²) in [6.07, 6.45) is 0. The zero-order valence-electron chi connectivity index (χ0n) is 15.3. The first-order valence-electron chi connectivity index (χ1n) is 8.44. The third-order valence-electron chi connectivity index (χ3n) is 4.02. The Morgan fingerprint density at radius 3 is 2.41 bits per heavy atom. The maximum absolute atomic E-state index is 12.4. The van der Waals surface area contributed by atoms with Crippen LogP contribution in [0.1, 0.15) is 20.8 Å². The summed E-state index contributed by atoms with van der Waals surface area (Å²) in [5.41, 5.74) is -0.157. The highest BCUT2D eigenvalue weighted by atomic mass is 79.9. The van der Waals surface area contributed by atoms with Gasteiger partial charge in [0.15, 0.2) is 17.2 Å². The molecule has 1 aromatic heterocycles. The van der Waals surface area contributed by atoms with Crippen molar-refractivity contribution in [3.63, 3.8) is 0 Å². The fraction of sp³-hybridized carbons (Fsp3) is 0.100. The van der Waals surface area contributed by atoms with Crippen LogP contribution in [-0.4, -0.2) is 40.2 Å². The van der Waals surface area contributed by atoms with Crippen molar-refractivity contribution in [2.24, 2.45) is 0 Å². The zero-order chi connectivity index (χ0) is 21.0. The number of Topliss-reactive ketones (excluding diaryl/α,β-unsaturated/α-hetero) is 1. The highest BCUT2D eigenvalue weighted by Crippen LogP contribution is 2.15. The van der Waals surface area contributed by atoms with Crippen molar-refractivity contribution in [1.29, 1.82) is 0 Å². The van der Waals surface area contributed by atoms with Gasteiger partial charge < -0.3 is 15.2 Å². The zero-order valence-corrected chi connectivity index (χ0v) is 16.8. The fourth-order valence-electron chi connectivity index (χ4n) is 2.50. The minimum atomic E-state index is -0.782. The fourth-order valence-corrected chi connectivity index (χ4v) is 2.76. The van der Waals surface area contributed by atoms with Crippen LogP contribution in [0.5, 0.6) is 11.5 Å². The van der Waals surface area contributed by atoms with Crippen molar-refractivity contribution in [3.05, 3.63) is 80.7 Å². The Bertz CT molecular complexity index is 1110. The van der Waals surface area contributed by atoms with E-state index in [1.165, 1.54) is 7.11 Å². The van der Waals surface area contributed by atoms with Crippen LogP contribution in [0.2, 0.25) is 0 Å². The van der Waals surface area contributed by atoms with Gasteiger partial charge in [0.05, 0.1) is 19.3 Å². The van der Waals surface area contributed by atoms with Crippen molar-refractivity contribution >= 4 is 27.6 Å². The second kappa shape index (κ2) is 8.70. The Morgan fingerprint density at radius 1 is 1.14 bits per heavy atom. The van der Waals surface area contributed by atoms with Crippen LogP contribution in [0.3, 0.4) is 0 Å². The molecule has 0 unspecified atom stereocenters. The number of amides is 1. The smallest absolute Gasteiger partial charge is 0.275 e. The molecule has 0 bridgehead atoms. The quantitative estimate of drug-likeness (QED) is 0.549. The number of hydrogen-bond acceptors (Lipinski definition) is 6. The lowest BCUT2D eigenvalue weighted by Gasteiger charge is -2.09. The number of rotatable bonds is 6. The molecular formula is C20H16BrN3O5. The molecule has 0 aliphatic rings. The molecule has 9 heteroatoms. The monoisotopic (exact) mass is 457 g/mol. The Hall–Kier alpha value is -3.46. The summed E-state index contributed by atoms with van der Waals surface area (Å²) in [4.78, 5) is 36.8. The number of methoxy groups -OCH3 is 1. The van der Waals surface area contributed by atoms with Crippen LogP contribution in [0.25, 0.3) is 5.69 Å². The summed E-state index contributed by atoms with van der Waals surface area (Å²) in [5.74, 6) is -1.08. The van der Waals surface area contributed by atoms with Gasteiger partial charge in [-0.1, -0.05) is 15.9 Å². The average molecular weight is 458 g/mol. The highest BCUT2D eigenvalue weighted by Gasteiger charge is 2.18. The second-order valence-electron chi connectivity index (χ2n) is 5.94. The number of hydrogen-bond donors (Lipinski definition) is 2. The third-order valence-corrected chi connectivity index (χ3v) is 4.55. The van der Waals surface area contributed by atoms with E-state index in [2.05, 4.69) is 26.3 Å². The molecule has 0 fully saturated rings. The molecular weight excluding hydrogens is 442 g/mol. The summed E-state index contributed by atoms with van der Waals surface area (Å²) in [5, 5.41) is 16.3. The standard InChI is InChI=1S/C20H16BrN3O5/c1-29-15-8-2-12(3-9-15)17(26)11-22-20(28)19-16(25)10-18(27)24(23-19)14-6-4-13(21)5-7-14/h2-10,25H,11H2,1H3,(H,22,28). The third kappa shape index (κ3) is 4.69. The number of ether oxygens (including phenoxy) is 1. The van der Waals surface area contributed by atoms with Crippen LogP contribution >= 0.6 is 15.9 Å². The number of aromatic nitrogens is 2. The molecule has 0 saturated heterocycles. The minimum Gasteiger partial charge on any atom is -0.505 e. The predicted molar refractivity (Wildman–Crippen MR) is 109 cm³/mol. The molecule has 0 atom stereocenters. The molecule has 3 aromatic rings. The van der Waals surface area contributed by atoms with E-state index in [9.17, 15) is 19.5 Å². The lowest BCUT2D eigenvalue weighted by molar-refractivity contribution is 0.0897. The maximum atomic E-state index is 12.4. The summed E-state index contributed by atoms with van der Waals surface area (Å²) in [6.45, 7) is -0.302. The van der Waals surface area contributed by atoms with Gasteiger partial charge in [-0.15, -0.1) is 0 Å². The molecule has 1 amide bonds. The second-order valence-corrected chi connectivity index (χ2v) is 6.85. The molecule has 29 heavy (non-hydrogen) atoms. The van der Waals surface area contributed by atoms with Crippen LogP contribution in [-0.2, 0) is 0 Å². The van der Waals surface area contributed by atoms with Gasteiger partial charge in [0.2, 0.25) is 0 Å². The van der Waals surface area contributed by atoms with Gasteiger partial charge in [0.25, 0.3) is 11.5 Å². The van der Waals surface area contributed by atoms with Crippen LogP contribution in [0, 0.1) is 0 Å². The summed E-state index contributed by atoms with van der Waals surface area (Å²) in [6, 6.07) is 14.0. The van der Waals surface area contributed by atoms with E-state index < -0.39 is 17.2 Å². The maximum Gasteiger partial charge on any atom is 0.275 e. The average Bonchev–Trinajstić information content (AvgIpc) is 2.73. The Kier molecular flexibility index (Phi) is 6.08. The summed E-state index contributed by atoms with van der Waals surface area (Å²) < 4.78 is 6.84. The first-order valence-corrected chi connectivity index (χ1v) is 9.23. The number of aromatic hydroxyl groups is 1. The van der Waals surface area contributed by atoms with Gasteiger partial charge in [-0.2, -0.15) is 9.78 Å². The summed E-state index contributed by atoms with van der Waals surface area (Å²) >= 11 is 3.30. The van der Waals surface area contributed by atoms with Crippen molar-refractivity contribution in [2.45, 2.75) is 0 Å². The molecule has 2 N–H and O–H groups in total. The van der Waals surface area contributed by atoms with Gasteiger partial charge in [-0.05, 0) is 48.5 Å². The molecule has 148 valence electrons. The molecule has 0 aliphatic carbocycles. The SMILES string of the molecule is COc1ccc(C(=O)CNC(=O)c2nn(-c3ccc(Br)cc3)c(=O)cc2O)cc1. The molecule has 8 nitrogen and oxygen atoms in total. The van der Waals surface area contributed by atoms with Crippen LogP contribution in [0.4, 0.5) is 0 Å². The largest absolute Gasteiger partial charge is 0.505 e. The lowest BCUT2D eigenvalue weighted by atomic mass is 10.1. The van der Waals surface area contributed by atoms with Crippen molar-refractivity contribution < 1.29 is 19.4 Å². The van der Waals surface area contributed by atoms with Gasteiger partial charge in [-0.25, -0.2) is 0 Å². The van der Waals surface area contributed by atoms with Crippen LogP contribution in [0.15, 0.2) is 63.9 Å². The van der Waals surface area contributed by atoms with Gasteiger partial charge in [-0.3, -0.25) is 14.4 Å². The van der Waals surface area contributed by atoms with Crippen LogP contribution < -0.4 is 15.6 Å². The van der Waals surface area contributed by atoms with Crippen molar-refractivity contribution in [2.75, 3.05) is 13.7 Å². The number of carbonyl (C=O) groups is 2. The molecule has 3 rings (SSSR count). The van der Waals surface area contributed by atoms with E-state index >= 15 is 0 Å². The predicted octanol–water partition coefficient (Wildman–Crippen LogP) is 2.32. The number of benzene rings is 2.